The Morgan fingerprint density at radius 2 is 0.958 bits per heavy atom. The zero-order chi connectivity index (χ0) is 17.3. The van der Waals surface area contributed by atoms with E-state index in [0.29, 0.717) is 0 Å². The van der Waals surface area contributed by atoms with Crippen LogP contribution in [0.3, 0.4) is 0 Å². The fraction of sp³-hybridized carbons (Fsp3) is 0.182. The highest BCUT2D eigenvalue weighted by atomic mass is 19.1. The van der Waals surface area contributed by atoms with Crippen LogP contribution in [0, 0.1) is 33.5 Å². The number of benzene rings is 3. The molecule has 0 heterocycles. The molecule has 0 aliphatic rings. The molecule has 122 valence electrons. The summed E-state index contributed by atoms with van der Waals surface area (Å²) in [6, 6.07) is 19.5. The van der Waals surface area contributed by atoms with Gasteiger partial charge in [0.2, 0.25) is 0 Å². The summed E-state index contributed by atoms with van der Waals surface area (Å²) in [5.41, 5.74) is 8.10. The summed E-state index contributed by atoms with van der Waals surface area (Å²) in [5, 5.41) is 0. The monoisotopic (exact) mass is 319 g/mol. The minimum absolute atomic E-state index is 0.223. The highest BCUT2D eigenvalue weighted by Gasteiger charge is 2.13. The van der Waals surface area contributed by atoms with E-state index in [-0.39, 0.29) is 5.82 Å². The molecule has 0 radical (unpaired) electrons. The van der Waals surface area contributed by atoms with Gasteiger partial charge >= 0.3 is 0 Å². The predicted octanol–water partition coefficient (Wildman–Crippen LogP) is 6.53. The lowest BCUT2D eigenvalue weighted by atomic mass is 10.1. The molecule has 3 aromatic rings. The zero-order valence-electron chi connectivity index (χ0n) is 14.6. The average Bonchev–Trinajstić information content (AvgIpc) is 2.56. The van der Waals surface area contributed by atoms with Gasteiger partial charge in [-0.2, -0.15) is 0 Å². The summed E-state index contributed by atoms with van der Waals surface area (Å²) in [5.74, 6) is -0.223. The van der Waals surface area contributed by atoms with Gasteiger partial charge in [-0.05, 0) is 98.5 Å². The third-order valence-corrected chi connectivity index (χ3v) is 4.58. The summed E-state index contributed by atoms with van der Waals surface area (Å²) in [7, 11) is 0. The second-order valence-corrected chi connectivity index (χ2v) is 6.35. The Balaban J connectivity index is 2.17. The predicted molar refractivity (Wildman–Crippen MR) is 100 cm³/mol. The van der Waals surface area contributed by atoms with Crippen LogP contribution in [0.15, 0.2) is 60.7 Å². The second-order valence-electron chi connectivity index (χ2n) is 6.35. The van der Waals surface area contributed by atoms with Crippen LogP contribution in [0.5, 0.6) is 0 Å². The van der Waals surface area contributed by atoms with E-state index in [4.69, 9.17) is 0 Å². The van der Waals surface area contributed by atoms with Crippen molar-refractivity contribution in [1.82, 2.24) is 0 Å². The molecular weight excluding hydrogens is 297 g/mol. The Hall–Kier alpha value is -2.61. The molecule has 0 aromatic heterocycles. The average molecular weight is 319 g/mol. The number of halogens is 1. The van der Waals surface area contributed by atoms with Crippen LogP contribution in [0.2, 0.25) is 0 Å². The van der Waals surface area contributed by atoms with E-state index < -0.39 is 0 Å². The molecule has 0 aliphatic carbocycles. The third-order valence-electron chi connectivity index (χ3n) is 4.58. The van der Waals surface area contributed by atoms with Gasteiger partial charge in [0.1, 0.15) is 5.82 Å². The first-order chi connectivity index (χ1) is 11.5. The van der Waals surface area contributed by atoms with Crippen molar-refractivity contribution in [3.8, 4) is 0 Å². The van der Waals surface area contributed by atoms with Crippen molar-refractivity contribution >= 4 is 17.1 Å². The maximum atomic E-state index is 13.4. The lowest BCUT2D eigenvalue weighted by Gasteiger charge is -2.26. The number of hydrogen-bond donors (Lipinski definition) is 0. The molecule has 0 unspecified atom stereocenters. The molecule has 0 N–H and O–H groups in total. The van der Waals surface area contributed by atoms with E-state index in [1.54, 1.807) is 0 Å². The summed E-state index contributed by atoms with van der Waals surface area (Å²) >= 11 is 0. The maximum Gasteiger partial charge on any atom is 0.123 e. The number of hydrogen-bond acceptors (Lipinski definition) is 1. The molecule has 0 fully saturated rings. The van der Waals surface area contributed by atoms with Crippen LogP contribution in [-0.2, 0) is 0 Å². The van der Waals surface area contributed by atoms with Gasteiger partial charge < -0.3 is 4.90 Å². The van der Waals surface area contributed by atoms with Crippen molar-refractivity contribution in [2.24, 2.45) is 0 Å². The molecule has 0 aliphatic heterocycles. The molecule has 0 saturated carbocycles. The van der Waals surface area contributed by atoms with E-state index in [0.717, 1.165) is 17.1 Å². The topological polar surface area (TPSA) is 3.24 Å². The van der Waals surface area contributed by atoms with Crippen LogP contribution in [0.1, 0.15) is 22.3 Å². The van der Waals surface area contributed by atoms with Gasteiger partial charge in [-0.1, -0.05) is 12.1 Å². The third kappa shape index (κ3) is 3.18. The van der Waals surface area contributed by atoms with E-state index in [2.05, 4.69) is 69.0 Å². The highest BCUT2D eigenvalue weighted by molar-refractivity contribution is 5.77. The van der Waals surface area contributed by atoms with Crippen molar-refractivity contribution in [1.29, 1.82) is 0 Å². The lowest BCUT2D eigenvalue weighted by molar-refractivity contribution is 0.628. The van der Waals surface area contributed by atoms with Crippen LogP contribution in [0.4, 0.5) is 21.5 Å². The van der Waals surface area contributed by atoms with Crippen molar-refractivity contribution in [2.45, 2.75) is 27.7 Å². The Bertz CT molecular complexity index is 814. The molecule has 3 aromatic carbocycles. The first-order valence-electron chi connectivity index (χ1n) is 8.16. The maximum absolute atomic E-state index is 13.4. The van der Waals surface area contributed by atoms with Gasteiger partial charge in [-0.15, -0.1) is 0 Å². The van der Waals surface area contributed by atoms with Gasteiger partial charge in [-0.25, -0.2) is 4.39 Å². The molecule has 3 rings (SSSR count). The van der Waals surface area contributed by atoms with E-state index in [9.17, 15) is 4.39 Å². The Kier molecular flexibility index (Phi) is 4.39. The zero-order valence-corrected chi connectivity index (χ0v) is 14.6. The fourth-order valence-electron chi connectivity index (χ4n) is 2.77. The van der Waals surface area contributed by atoms with Crippen molar-refractivity contribution in [3.05, 3.63) is 88.7 Å². The normalized spacial score (nSPS) is 10.7. The van der Waals surface area contributed by atoms with Crippen LogP contribution in [0.25, 0.3) is 0 Å². The van der Waals surface area contributed by atoms with E-state index in [1.807, 2.05) is 12.1 Å². The number of aryl methyl sites for hydroxylation is 4. The SMILES string of the molecule is Cc1ccc(N(c2ccc(F)cc2)c2ccc(C)c(C)c2)cc1C. The second kappa shape index (κ2) is 6.48. The molecule has 0 atom stereocenters. The van der Waals surface area contributed by atoms with Gasteiger partial charge in [0.15, 0.2) is 0 Å². The highest BCUT2D eigenvalue weighted by Crippen LogP contribution is 2.36. The minimum Gasteiger partial charge on any atom is -0.310 e. The fourth-order valence-corrected chi connectivity index (χ4v) is 2.77. The minimum atomic E-state index is -0.223. The van der Waals surface area contributed by atoms with Crippen LogP contribution >= 0.6 is 0 Å². The van der Waals surface area contributed by atoms with Crippen molar-refractivity contribution in [3.63, 3.8) is 0 Å². The van der Waals surface area contributed by atoms with Gasteiger partial charge in [0.25, 0.3) is 0 Å². The smallest absolute Gasteiger partial charge is 0.123 e. The number of anilines is 3. The molecule has 1 nitrogen and oxygen atoms in total. The molecule has 0 bridgehead atoms. The number of rotatable bonds is 3. The summed E-state index contributed by atoms with van der Waals surface area (Å²) in [6.07, 6.45) is 0. The quantitative estimate of drug-likeness (QED) is 0.530. The molecular formula is C22H22FN. The molecule has 2 heteroatoms. The van der Waals surface area contributed by atoms with Gasteiger partial charge in [0, 0.05) is 17.1 Å². The van der Waals surface area contributed by atoms with E-state index >= 15 is 0 Å². The first kappa shape index (κ1) is 16.3. The van der Waals surface area contributed by atoms with E-state index in [1.165, 1.54) is 34.4 Å². The van der Waals surface area contributed by atoms with Gasteiger partial charge in [0.05, 0.1) is 0 Å². The molecule has 0 spiro atoms. The van der Waals surface area contributed by atoms with Crippen LogP contribution < -0.4 is 4.90 Å². The molecule has 0 amide bonds. The largest absolute Gasteiger partial charge is 0.310 e. The number of nitrogens with zero attached hydrogens (tertiary/aromatic N) is 1. The van der Waals surface area contributed by atoms with Crippen molar-refractivity contribution in [2.75, 3.05) is 4.90 Å². The standard InChI is InChI=1S/C22H22FN/c1-15-5-9-21(13-17(15)3)24(20-11-7-19(23)8-12-20)22-10-6-16(2)18(4)14-22/h5-14H,1-4H3. The lowest BCUT2D eigenvalue weighted by Crippen LogP contribution is -2.10. The van der Waals surface area contributed by atoms with Gasteiger partial charge in [-0.3, -0.25) is 0 Å². The Morgan fingerprint density at radius 1 is 0.542 bits per heavy atom. The Morgan fingerprint density at radius 3 is 1.38 bits per heavy atom. The molecule has 24 heavy (non-hydrogen) atoms. The van der Waals surface area contributed by atoms with Crippen molar-refractivity contribution < 1.29 is 4.39 Å². The summed E-state index contributed by atoms with van der Waals surface area (Å²) in [4.78, 5) is 2.16. The first-order valence-corrected chi connectivity index (χ1v) is 8.16. The van der Waals surface area contributed by atoms with Crippen LogP contribution in [-0.4, -0.2) is 0 Å². The molecule has 0 saturated heterocycles. The Labute approximate surface area is 143 Å². The summed E-state index contributed by atoms with van der Waals surface area (Å²) in [6.45, 7) is 8.44. The summed E-state index contributed by atoms with van der Waals surface area (Å²) < 4.78 is 13.4.